The van der Waals surface area contributed by atoms with Gasteiger partial charge < -0.3 is 20.5 Å². The molecule has 0 unspecified atom stereocenters. The van der Waals surface area contributed by atoms with Crippen molar-refractivity contribution in [2.24, 2.45) is 5.73 Å². The van der Waals surface area contributed by atoms with Crippen molar-refractivity contribution in [1.82, 2.24) is 19.9 Å². The van der Waals surface area contributed by atoms with E-state index in [1.54, 1.807) is 18.2 Å². The first kappa shape index (κ1) is 24.3. The normalized spacial score (nSPS) is 18.3. The Hall–Kier alpha value is -3.83. The molecule has 0 aromatic carbocycles. The quantitative estimate of drug-likeness (QED) is 0.499. The number of alkyl halides is 3. The molecule has 12 heteroatoms. The minimum absolute atomic E-state index is 0.0679. The fourth-order valence-electron chi connectivity index (χ4n) is 3.93. The summed E-state index contributed by atoms with van der Waals surface area (Å²) in [6.45, 7) is -0.500. The largest absolute Gasteiger partial charge is 0.492 e. The van der Waals surface area contributed by atoms with E-state index in [0.29, 0.717) is 36.8 Å². The number of fused-ring (bicyclic) bond motifs is 1. The maximum absolute atomic E-state index is 12.8. The van der Waals surface area contributed by atoms with Crippen LogP contribution in [0.1, 0.15) is 52.8 Å². The van der Waals surface area contributed by atoms with Crippen molar-refractivity contribution < 1.29 is 32.2 Å². The van der Waals surface area contributed by atoms with Crippen molar-refractivity contribution >= 4 is 17.3 Å². The van der Waals surface area contributed by atoms with Crippen LogP contribution in [0.5, 0.6) is 11.6 Å². The number of ether oxygens (including phenoxy) is 2. The topological polar surface area (TPSA) is 121 Å². The summed E-state index contributed by atoms with van der Waals surface area (Å²) >= 11 is 0. The fraction of sp³-hybridized carbons (Fsp3) is 0.391. The molecule has 3 aromatic heterocycles. The summed E-state index contributed by atoms with van der Waals surface area (Å²) in [6.07, 6.45) is 1.53. The SMILES string of the molecule is NC(=O)c1cccnc1OC1CCC(NC(=O)c2cnn3cc(OCCC(F)(F)F)ccc23)CC1. The molecule has 0 bridgehead atoms. The van der Waals surface area contributed by atoms with Crippen molar-refractivity contribution in [3.05, 3.63) is 54.0 Å². The summed E-state index contributed by atoms with van der Waals surface area (Å²) in [4.78, 5) is 28.5. The second kappa shape index (κ2) is 10.2. The van der Waals surface area contributed by atoms with Crippen molar-refractivity contribution in [1.29, 1.82) is 0 Å². The maximum Gasteiger partial charge on any atom is 0.392 e. The van der Waals surface area contributed by atoms with Gasteiger partial charge in [-0.3, -0.25) is 9.59 Å². The van der Waals surface area contributed by atoms with E-state index in [1.807, 2.05) is 0 Å². The van der Waals surface area contributed by atoms with Crippen LogP contribution in [0.25, 0.3) is 5.52 Å². The third kappa shape index (κ3) is 6.19. The molecule has 3 heterocycles. The first-order chi connectivity index (χ1) is 16.7. The van der Waals surface area contributed by atoms with Gasteiger partial charge in [-0.25, -0.2) is 9.50 Å². The second-order valence-electron chi connectivity index (χ2n) is 8.25. The van der Waals surface area contributed by atoms with E-state index in [2.05, 4.69) is 15.4 Å². The lowest BCUT2D eigenvalue weighted by atomic mass is 9.92. The standard InChI is InChI=1S/C23H24F3N5O4/c24-23(25,26)9-11-34-16-7-8-19-18(12-29-31(19)13-16)21(33)30-14-3-5-15(6-4-14)35-22-17(20(27)32)2-1-10-28-22/h1-2,7-8,10,12-15H,3-6,9,11H2,(H2,27,32)(H,30,33). The molecule has 1 fully saturated rings. The van der Waals surface area contributed by atoms with Crippen LogP contribution >= 0.6 is 0 Å². The zero-order valence-corrected chi connectivity index (χ0v) is 18.6. The molecule has 35 heavy (non-hydrogen) atoms. The van der Waals surface area contributed by atoms with Crippen LogP contribution in [-0.4, -0.2) is 51.3 Å². The molecule has 4 rings (SSSR count). The number of nitrogens with two attached hydrogens (primary N) is 1. The zero-order valence-electron chi connectivity index (χ0n) is 18.6. The second-order valence-corrected chi connectivity index (χ2v) is 8.25. The number of carbonyl (C=O) groups excluding carboxylic acids is 2. The van der Waals surface area contributed by atoms with E-state index < -0.39 is 25.1 Å². The minimum atomic E-state index is -4.29. The van der Waals surface area contributed by atoms with E-state index in [9.17, 15) is 22.8 Å². The van der Waals surface area contributed by atoms with E-state index in [0.717, 1.165) is 0 Å². The summed E-state index contributed by atoms with van der Waals surface area (Å²) in [6, 6.07) is 6.19. The summed E-state index contributed by atoms with van der Waals surface area (Å²) < 4.78 is 49.3. The van der Waals surface area contributed by atoms with Crippen LogP contribution in [0.15, 0.2) is 42.9 Å². The molecule has 0 atom stereocenters. The Kier molecular flexibility index (Phi) is 7.08. The average Bonchev–Trinajstić information content (AvgIpc) is 3.23. The van der Waals surface area contributed by atoms with Crippen LogP contribution in [0.2, 0.25) is 0 Å². The number of hydrogen-bond donors (Lipinski definition) is 2. The summed E-state index contributed by atoms with van der Waals surface area (Å²) in [5.41, 5.74) is 6.46. The third-order valence-corrected chi connectivity index (χ3v) is 5.71. The number of carbonyl (C=O) groups is 2. The number of pyridine rings is 2. The van der Waals surface area contributed by atoms with Gasteiger partial charge in [0.1, 0.15) is 17.4 Å². The number of rotatable bonds is 8. The molecular weight excluding hydrogens is 467 g/mol. The Labute approximate surface area is 198 Å². The molecule has 1 aliphatic carbocycles. The summed E-state index contributed by atoms with van der Waals surface area (Å²) in [7, 11) is 0. The lowest BCUT2D eigenvalue weighted by molar-refractivity contribution is -0.139. The van der Waals surface area contributed by atoms with Crippen LogP contribution in [-0.2, 0) is 0 Å². The van der Waals surface area contributed by atoms with Gasteiger partial charge >= 0.3 is 6.18 Å². The monoisotopic (exact) mass is 491 g/mol. The Bertz CT molecular complexity index is 1210. The van der Waals surface area contributed by atoms with E-state index in [-0.39, 0.29) is 35.2 Å². The van der Waals surface area contributed by atoms with Crippen LogP contribution < -0.4 is 20.5 Å². The molecule has 9 nitrogen and oxygen atoms in total. The highest BCUT2D eigenvalue weighted by Crippen LogP contribution is 2.26. The molecule has 1 aliphatic rings. The van der Waals surface area contributed by atoms with Gasteiger partial charge in [-0.1, -0.05) is 0 Å². The molecule has 3 aromatic rings. The van der Waals surface area contributed by atoms with E-state index in [4.69, 9.17) is 15.2 Å². The lowest BCUT2D eigenvalue weighted by Gasteiger charge is -2.29. The molecule has 0 saturated heterocycles. The first-order valence-corrected chi connectivity index (χ1v) is 11.1. The van der Waals surface area contributed by atoms with Gasteiger partial charge in [0.15, 0.2) is 0 Å². The lowest BCUT2D eigenvalue weighted by Crippen LogP contribution is -2.39. The predicted molar refractivity (Wildman–Crippen MR) is 118 cm³/mol. The highest BCUT2D eigenvalue weighted by Gasteiger charge is 2.28. The number of primary amides is 1. The molecule has 1 saturated carbocycles. The van der Waals surface area contributed by atoms with Crippen molar-refractivity contribution in [3.63, 3.8) is 0 Å². The van der Waals surface area contributed by atoms with Gasteiger partial charge in [0.25, 0.3) is 11.8 Å². The fourth-order valence-corrected chi connectivity index (χ4v) is 3.93. The van der Waals surface area contributed by atoms with Gasteiger partial charge in [-0.15, -0.1) is 0 Å². The predicted octanol–water partition coefficient (Wildman–Crippen LogP) is 3.28. The summed E-state index contributed by atoms with van der Waals surface area (Å²) in [5, 5.41) is 7.12. The zero-order chi connectivity index (χ0) is 25.0. The number of amides is 2. The van der Waals surface area contributed by atoms with E-state index >= 15 is 0 Å². The highest BCUT2D eigenvalue weighted by atomic mass is 19.4. The van der Waals surface area contributed by atoms with Crippen molar-refractivity contribution in [2.45, 2.75) is 50.4 Å². The molecule has 0 radical (unpaired) electrons. The van der Waals surface area contributed by atoms with Gasteiger partial charge in [0, 0.05) is 12.2 Å². The molecular formula is C23H24F3N5O4. The van der Waals surface area contributed by atoms with Gasteiger partial charge in [-0.05, 0) is 49.9 Å². The van der Waals surface area contributed by atoms with Crippen LogP contribution in [0, 0.1) is 0 Å². The number of aromatic nitrogens is 3. The Morgan fingerprint density at radius 1 is 1.14 bits per heavy atom. The minimum Gasteiger partial charge on any atom is -0.492 e. The molecule has 3 N–H and O–H groups in total. The van der Waals surface area contributed by atoms with Crippen molar-refractivity contribution in [3.8, 4) is 11.6 Å². The van der Waals surface area contributed by atoms with Crippen molar-refractivity contribution in [2.75, 3.05) is 6.61 Å². The smallest absolute Gasteiger partial charge is 0.392 e. The van der Waals surface area contributed by atoms with Crippen LogP contribution in [0.3, 0.4) is 0 Å². The molecule has 186 valence electrons. The average molecular weight is 491 g/mol. The Morgan fingerprint density at radius 3 is 2.63 bits per heavy atom. The number of nitrogens with zero attached hydrogens (tertiary/aromatic N) is 3. The van der Waals surface area contributed by atoms with Crippen LogP contribution in [0.4, 0.5) is 13.2 Å². The maximum atomic E-state index is 12.8. The number of hydrogen-bond acceptors (Lipinski definition) is 6. The van der Waals surface area contributed by atoms with Gasteiger partial charge in [0.05, 0.1) is 36.5 Å². The molecule has 0 spiro atoms. The third-order valence-electron chi connectivity index (χ3n) is 5.71. The van der Waals surface area contributed by atoms with Gasteiger partial charge in [0.2, 0.25) is 5.88 Å². The molecule has 0 aliphatic heterocycles. The summed E-state index contributed by atoms with van der Waals surface area (Å²) in [5.74, 6) is -0.471. The van der Waals surface area contributed by atoms with E-state index in [1.165, 1.54) is 29.2 Å². The first-order valence-electron chi connectivity index (χ1n) is 11.1. The number of nitrogens with one attached hydrogen (secondary N) is 1. The highest BCUT2D eigenvalue weighted by molar-refractivity contribution is 6.00. The number of halogens is 3. The molecule has 2 amide bonds. The van der Waals surface area contributed by atoms with Gasteiger partial charge in [-0.2, -0.15) is 18.3 Å². The Morgan fingerprint density at radius 2 is 1.91 bits per heavy atom. The Balaban J connectivity index is 1.31.